The Morgan fingerprint density at radius 1 is 0.429 bits per heavy atom. The van der Waals surface area contributed by atoms with Gasteiger partial charge >= 0.3 is 0 Å². The summed E-state index contributed by atoms with van der Waals surface area (Å²) in [4.78, 5) is 13.8. The summed E-state index contributed by atoms with van der Waals surface area (Å²) < 4.78 is 0. The highest BCUT2D eigenvalue weighted by molar-refractivity contribution is 6.15. The van der Waals surface area contributed by atoms with Crippen LogP contribution in [0.3, 0.4) is 0 Å². The molecular weight excluding hydrogens is 595 g/mol. The molecule has 0 saturated heterocycles. The molecule has 3 heterocycles. The van der Waals surface area contributed by atoms with Crippen LogP contribution in [0.15, 0.2) is 119 Å². The predicted octanol–water partition coefficient (Wildman–Crippen LogP) is 13.3. The average Bonchev–Trinajstić information content (AvgIpc) is 3.89. The second-order valence-corrected chi connectivity index (χ2v) is 11.7. The Balaban J connectivity index is 0.000000661. The highest BCUT2D eigenvalue weighted by Gasteiger charge is 2.23. The number of benzene rings is 6. The van der Waals surface area contributed by atoms with Gasteiger partial charge in [-0.2, -0.15) is 0 Å². The monoisotopic (exact) mass is 639 g/mol. The minimum Gasteiger partial charge on any atom is -0.354 e. The number of nitrogens with one attached hydrogen (secondary N) is 1. The number of hydrogen-bond acceptors (Lipinski definition) is 2. The second kappa shape index (κ2) is 14.3. The molecule has 6 aromatic carbocycles. The van der Waals surface area contributed by atoms with Crippen LogP contribution in [0, 0.1) is 0 Å². The Labute approximate surface area is 290 Å². The number of hydrogen-bond donors (Lipinski definition) is 1. The first-order valence-electron chi connectivity index (χ1n) is 17.7. The van der Waals surface area contributed by atoms with E-state index in [0.717, 1.165) is 45.1 Å². The quantitative estimate of drug-likeness (QED) is 0.196. The van der Waals surface area contributed by atoms with Crippen molar-refractivity contribution >= 4 is 78.1 Å². The highest BCUT2D eigenvalue weighted by Crippen LogP contribution is 2.42. The van der Waals surface area contributed by atoms with Crippen LogP contribution in [-0.2, 0) is 0 Å². The SMILES string of the molecule is C/C(=C1/N=Cc2cc3ccccc3cc21)c1[nH]c(/C(C)=C2\N=Cc3cc4ccccc4cc32)c2cc3ccccc3cc12.CC.CC.CC. The number of aliphatic imine (C=N–C) groups is 2. The maximum absolute atomic E-state index is 4.96. The Bertz CT molecular complexity index is 2290. The van der Waals surface area contributed by atoms with Crippen molar-refractivity contribution in [2.75, 3.05) is 0 Å². The summed E-state index contributed by atoms with van der Waals surface area (Å²) >= 11 is 0. The molecule has 0 saturated carbocycles. The number of H-pyrrole nitrogens is 1. The molecule has 0 unspecified atom stereocenters. The van der Waals surface area contributed by atoms with Gasteiger partial charge in [0.25, 0.3) is 0 Å². The van der Waals surface area contributed by atoms with E-state index < -0.39 is 0 Å². The molecule has 1 aromatic heterocycles. The van der Waals surface area contributed by atoms with Gasteiger partial charge in [-0.25, -0.2) is 0 Å². The molecule has 49 heavy (non-hydrogen) atoms. The van der Waals surface area contributed by atoms with Crippen molar-refractivity contribution in [3.63, 3.8) is 0 Å². The molecule has 2 aliphatic heterocycles. The minimum absolute atomic E-state index is 1.02. The van der Waals surface area contributed by atoms with Gasteiger partial charge in [0.05, 0.1) is 22.8 Å². The van der Waals surface area contributed by atoms with Crippen LogP contribution in [0.5, 0.6) is 0 Å². The van der Waals surface area contributed by atoms with Crippen LogP contribution >= 0.6 is 0 Å². The largest absolute Gasteiger partial charge is 0.354 e. The Morgan fingerprint density at radius 2 is 0.735 bits per heavy atom. The number of aromatic amines is 1. The van der Waals surface area contributed by atoms with Crippen molar-refractivity contribution in [2.45, 2.75) is 55.4 Å². The van der Waals surface area contributed by atoms with Crippen LogP contribution in [0.25, 0.3) is 65.6 Å². The standard InChI is InChI=1S/C40H27N3.3C2H6/c1-23(37-33-17-27-11-5-3-9-25(27)15-31(33)21-41-37)39-35-19-29-13-7-8-14-30(29)20-36(35)40(43-39)24(2)38-34-18-28-12-6-4-10-26(28)16-32(34)22-42-38;3*1-2/h3-22,43H,1-2H3;3*1-2H3/b37-23-,38-24-;;;. The molecule has 0 fully saturated rings. The van der Waals surface area contributed by atoms with Crippen LogP contribution in [0.1, 0.15) is 89.0 Å². The molecule has 7 aromatic rings. The van der Waals surface area contributed by atoms with Crippen LogP contribution in [0.2, 0.25) is 0 Å². The number of fused-ring (bicyclic) bond motifs is 6. The van der Waals surface area contributed by atoms with Crippen molar-refractivity contribution in [1.82, 2.24) is 4.98 Å². The van der Waals surface area contributed by atoms with Crippen LogP contribution in [-0.4, -0.2) is 17.4 Å². The van der Waals surface area contributed by atoms with E-state index in [1.165, 1.54) is 54.2 Å². The van der Waals surface area contributed by atoms with Crippen LogP contribution < -0.4 is 0 Å². The molecule has 0 aliphatic carbocycles. The first-order chi connectivity index (χ1) is 24.1. The molecule has 9 rings (SSSR count). The van der Waals surface area contributed by atoms with E-state index in [0.29, 0.717) is 0 Å². The zero-order valence-electron chi connectivity index (χ0n) is 29.9. The van der Waals surface area contributed by atoms with E-state index in [-0.39, 0.29) is 0 Å². The van der Waals surface area contributed by atoms with Gasteiger partial charge in [0.1, 0.15) is 0 Å². The summed E-state index contributed by atoms with van der Waals surface area (Å²) in [5.41, 5.74) is 11.2. The molecule has 3 heteroatoms. The van der Waals surface area contributed by atoms with E-state index in [1.807, 2.05) is 54.0 Å². The third kappa shape index (κ3) is 5.80. The third-order valence-electron chi connectivity index (χ3n) is 9.15. The summed E-state index contributed by atoms with van der Waals surface area (Å²) in [6.07, 6.45) is 4.01. The van der Waals surface area contributed by atoms with E-state index in [9.17, 15) is 0 Å². The summed E-state index contributed by atoms with van der Waals surface area (Å²) in [6.45, 7) is 16.4. The zero-order valence-corrected chi connectivity index (χ0v) is 29.9. The van der Waals surface area contributed by atoms with Gasteiger partial charge in [-0.05, 0) is 93.7 Å². The Hall–Kier alpha value is -5.54. The van der Waals surface area contributed by atoms with Crippen molar-refractivity contribution in [3.8, 4) is 0 Å². The highest BCUT2D eigenvalue weighted by atomic mass is 14.8. The van der Waals surface area contributed by atoms with Crippen LogP contribution in [0.4, 0.5) is 0 Å². The maximum Gasteiger partial charge on any atom is 0.0759 e. The van der Waals surface area contributed by atoms with Gasteiger partial charge in [-0.3, -0.25) is 9.98 Å². The Morgan fingerprint density at radius 3 is 1.08 bits per heavy atom. The number of aromatic nitrogens is 1. The Kier molecular flexibility index (Phi) is 9.73. The second-order valence-electron chi connectivity index (χ2n) is 11.7. The fourth-order valence-corrected chi connectivity index (χ4v) is 6.89. The molecule has 244 valence electrons. The van der Waals surface area contributed by atoms with Crippen molar-refractivity contribution in [3.05, 3.63) is 143 Å². The van der Waals surface area contributed by atoms with E-state index in [1.54, 1.807) is 0 Å². The average molecular weight is 640 g/mol. The van der Waals surface area contributed by atoms with Gasteiger partial charge in [-0.1, -0.05) is 114 Å². The lowest BCUT2D eigenvalue weighted by molar-refractivity contribution is 1.30. The van der Waals surface area contributed by atoms with Crippen molar-refractivity contribution in [1.29, 1.82) is 0 Å². The topological polar surface area (TPSA) is 40.5 Å². The van der Waals surface area contributed by atoms with Gasteiger partial charge < -0.3 is 4.98 Å². The number of nitrogens with zero attached hydrogens (tertiary/aromatic N) is 2. The summed E-state index contributed by atoms with van der Waals surface area (Å²) in [5, 5.41) is 9.77. The summed E-state index contributed by atoms with van der Waals surface area (Å²) in [6, 6.07) is 39.3. The van der Waals surface area contributed by atoms with Gasteiger partial charge in [-0.15, -0.1) is 0 Å². The minimum atomic E-state index is 1.02. The van der Waals surface area contributed by atoms with Gasteiger partial charge in [0.2, 0.25) is 0 Å². The van der Waals surface area contributed by atoms with E-state index >= 15 is 0 Å². The van der Waals surface area contributed by atoms with E-state index in [2.05, 4.69) is 128 Å². The number of allylic oxidation sites excluding steroid dienone is 2. The van der Waals surface area contributed by atoms with E-state index in [4.69, 9.17) is 9.98 Å². The smallest absolute Gasteiger partial charge is 0.0759 e. The molecular formula is C46H45N3. The molecule has 0 bridgehead atoms. The summed E-state index contributed by atoms with van der Waals surface area (Å²) in [7, 11) is 0. The lowest BCUT2D eigenvalue weighted by atomic mass is 9.96. The maximum atomic E-state index is 4.96. The molecule has 0 amide bonds. The predicted molar refractivity (Wildman–Crippen MR) is 218 cm³/mol. The number of rotatable bonds is 2. The first-order valence-corrected chi connectivity index (χ1v) is 17.7. The van der Waals surface area contributed by atoms with Gasteiger partial charge in [0.15, 0.2) is 0 Å². The first kappa shape index (κ1) is 33.4. The fourth-order valence-electron chi connectivity index (χ4n) is 6.89. The zero-order chi connectivity index (χ0) is 34.7. The molecule has 0 atom stereocenters. The molecule has 3 nitrogen and oxygen atoms in total. The van der Waals surface area contributed by atoms with Gasteiger partial charge in [0, 0.05) is 45.5 Å². The fraction of sp³-hybridized carbons (Fsp3) is 0.174. The van der Waals surface area contributed by atoms with Crippen molar-refractivity contribution < 1.29 is 0 Å². The molecule has 1 N–H and O–H groups in total. The normalized spacial score (nSPS) is 14.4. The molecule has 0 radical (unpaired) electrons. The lowest BCUT2D eigenvalue weighted by Gasteiger charge is -2.09. The molecule has 0 spiro atoms. The van der Waals surface area contributed by atoms with Crippen molar-refractivity contribution in [2.24, 2.45) is 9.98 Å². The lowest BCUT2D eigenvalue weighted by Crippen LogP contribution is -1.91. The third-order valence-corrected chi connectivity index (χ3v) is 9.15. The summed E-state index contributed by atoms with van der Waals surface area (Å²) in [5.74, 6) is 0. The molecule has 2 aliphatic rings.